The first-order valence-corrected chi connectivity index (χ1v) is 15.7. The van der Waals surface area contributed by atoms with Crippen LogP contribution < -0.4 is 0 Å². The Morgan fingerprint density at radius 3 is 1.40 bits per heavy atom. The van der Waals surface area contributed by atoms with Gasteiger partial charge in [-0.3, -0.25) is 0 Å². The molecule has 0 atom stereocenters. The van der Waals surface area contributed by atoms with Crippen LogP contribution >= 0.6 is 0 Å². The molecule has 1 N–H and O–H groups in total. The minimum Gasteiger partial charge on any atom is -0.354 e. The Morgan fingerprint density at radius 2 is 1.04 bits per heavy atom. The van der Waals surface area contributed by atoms with Crippen LogP contribution in [0.1, 0.15) is 11.1 Å². The van der Waals surface area contributed by atoms with Gasteiger partial charge in [0.25, 0.3) is 0 Å². The number of rotatable bonds is 0. The molecule has 2 aromatic carbocycles. The van der Waals surface area contributed by atoms with Crippen molar-refractivity contribution in [1.82, 2.24) is 4.98 Å². The average molecular weight is 360 g/mol. The molecule has 0 saturated heterocycles. The summed E-state index contributed by atoms with van der Waals surface area (Å²) in [7, 11) is -2.71. The van der Waals surface area contributed by atoms with E-state index >= 15 is 0 Å². The molecule has 3 heteroatoms. The topological polar surface area (TPSA) is 15.8 Å². The molecule has 0 aliphatic rings. The molecule has 3 rings (SSSR count). The Balaban J connectivity index is 2.05. The van der Waals surface area contributed by atoms with Crippen LogP contribution in [0.3, 0.4) is 0 Å². The van der Waals surface area contributed by atoms with E-state index in [2.05, 4.69) is 104 Å². The number of H-pyrrole nitrogens is 1. The number of aromatic nitrogens is 1. The molecule has 126 valence electrons. The summed E-state index contributed by atoms with van der Waals surface area (Å²) >= 11 is 0. The summed E-state index contributed by atoms with van der Waals surface area (Å²) in [5, 5.41) is 2.50. The molecule has 0 saturated carbocycles. The van der Waals surface area contributed by atoms with Crippen LogP contribution in [-0.2, 0) is 0 Å². The van der Waals surface area contributed by atoms with E-state index in [0.717, 1.165) is 22.2 Å². The molecule has 0 amide bonds. The molecular formula is C22H25NSi2. The molecule has 0 fully saturated rings. The molecule has 0 aliphatic heterocycles. The zero-order valence-electron chi connectivity index (χ0n) is 16.0. The zero-order chi connectivity index (χ0) is 18.2. The van der Waals surface area contributed by atoms with Gasteiger partial charge in [0.2, 0.25) is 0 Å². The first-order chi connectivity index (χ1) is 11.6. The molecular weight excluding hydrogens is 334 g/mol. The Bertz CT molecular complexity index is 982. The fourth-order valence-corrected chi connectivity index (χ4v) is 3.62. The second-order valence-corrected chi connectivity index (χ2v) is 18.1. The molecule has 3 aromatic rings. The summed E-state index contributed by atoms with van der Waals surface area (Å²) in [6.45, 7) is 13.6. The molecule has 25 heavy (non-hydrogen) atoms. The fraction of sp³-hybridized carbons (Fsp3) is 0.273. The standard InChI is InChI=1S/C22H25NSi2/c1-24(2,3)13-11-17-7-9-19-20-10-8-18(12-14-25(4,5)6)16-22(20)23-21(19)15-17/h7-10,15-16,23H,1-6H3. The lowest BCUT2D eigenvalue weighted by Gasteiger charge is -2.03. The SMILES string of the molecule is C[Si](C)(C)C#Cc1ccc2c(c1)[nH]c1cc(C#C[Si](C)(C)C)ccc12. The summed E-state index contributed by atoms with van der Waals surface area (Å²) in [4.78, 5) is 3.54. The van der Waals surface area contributed by atoms with Crippen molar-refractivity contribution in [3.05, 3.63) is 47.5 Å². The van der Waals surface area contributed by atoms with Crippen molar-refractivity contribution in [2.24, 2.45) is 0 Å². The Kier molecular flexibility index (Phi) is 4.41. The summed E-state index contributed by atoms with van der Waals surface area (Å²) in [5.74, 6) is 6.69. The van der Waals surface area contributed by atoms with Crippen LogP contribution in [-0.4, -0.2) is 21.1 Å². The van der Waals surface area contributed by atoms with Gasteiger partial charge in [0, 0.05) is 32.9 Å². The number of hydrogen-bond acceptors (Lipinski definition) is 0. The van der Waals surface area contributed by atoms with Crippen LogP contribution in [0.4, 0.5) is 0 Å². The van der Waals surface area contributed by atoms with Crippen molar-refractivity contribution >= 4 is 38.0 Å². The second kappa shape index (κ2) is 6.26. The number of aromatic amines is 1. The Hall–Kier alpha value is -2.21. The summed E-state index contributed by atoms with van der Waals surface area (Å²) < 4.78 is 0. The average Bonchev–Trinajstić information content (AvgIpc) is 2.86. The van der Waals surface area contributed by atoms with E-state index in [-0.39, 0.29) is 0 Å². The van der Waals surface area contributed by atoms with Crippen molar-refractivity contribution in [2.75, 3.05) is 0 Å². The normalized spacial score (nSPS) is 11.8. The van der Waals surface area contributed by atoms with Crippen molar-refractivity contribution in [3.63, 3.8) is 0 Å². The minimum atomic E-state index is -1.35. The van der Waals surface area contributed by atoms with Crippen molar-refractivity contribution < 1.29 is 0 Å². The molecule has 0 aliphatic carbocycles. The first kappa shape index (κ1) is 17.6. The monoisotopic (exact) mass is 359 g/mol. The first-order valence-electron chi connectivity index (χ1n) is 8.73. The largest absolute Gasteiger partial charge is 0.354 e. The highest BCUT2D eigenvalue weighted by atomic mass is 28.3. The Labute approximate surface area is 152 Å². The number of nitrogens with one attached hydrogen (secondary N) is 1. The van der Waals surface area contributed by atoms with E-state index in [9.17, 15) is 0 Å². The van der Waals surface area contributed by atoms with Gasteiger partial charge < -0.3 is 4.98 Å². The summed E-state index contributed by atoms with van der Waals surface area (Å²) in [6.07, 6.45) is 0. The zero-order valence-corrected chi connectivity index (χ0v) is 18.0. The molecule has 1 aromatic heterocycles. The molecule has 1 heterocycles. The van der Waals surface area contributed by atoms with E-state index in [1.54, 1.807) is 0 Å². The molecule has 1 nitrogen and oxygen atoms in total. The highest BCUT2D eigenvalue weighted by molar-refractivity contribution is 6.84. The van der Waals surface area contributed by atoms with Gasteiger partial charge >= 0.3 is 0 Å². The van der Waals surface area contributed by atoms with Gasteiger partial charge in [-0.2, -0.15) is 0 Å². The maximum absolute atomic E-state index is 3.54. The molecule has 0 radical (unpaired) electrons. The van der Waals surface area contributed by atoms with E-state index in [1.165, 1.54) is 10.8 Å². The van der Waals surface area contributed by atoms with Crippen LogP contribution in [0.5, 0.6) is 0 Å². The molecule has 0 spiro atoms. The van der Waals surface area contributed by atoms with Gasteiger partial charge in [-0.15, -0.1) is 11.1 Å². The fourth-order valence-electron chi connectivity index (χ4n) is 2.59. The second-order valence-electron chi connectivity index (χ2n) is 8.65. The highest BCUT2D eigenvalue weighted by Gasteiger charge is 2.09. The third-order valence-corrected chi connectivity index (χ3v) is 5.51. The van der Waals surface area contributed by atoms with Gasteiger partial charge in [-0.25, -0.2) is 0 Å². The minimum absolute atomic E-state index is 1.08. The maximum atomic E-state index is 3.54. The lowest BCUT2D eigenvalue weighted by molar-refractivity contribution is 1.53. The van der Waals surface area contributed by atoms with E-state index in [4.69, 9.17) is 0 Å². The Morgan fingerprint density at radius 1 is 0.640 bits per heavy atom. The highest BCUT2D eigenvalue weighted by Crippen LogP contribution is 2.26. The van der Waals surface area contributed by atoms with Crippen LogP contribution in [0.2, 0.25) is 39.3 Å². The van der Waals surface area contributed by atoms with E-state index in [0.29, 0.717) is 0 Å². The van der Waals surface area contributed by atoms with E-state index < -0.39 is 16.1 Å². The lowest BCUT2D eigenvalue weighted by Crippen LogP contribution is -2.16. The third kappa shape index (κ3) is 4.45. The predicted octanol–water partition coefficient (Wildman–Crippen LogP) is 5.78. The number of benzene rings is 2. The van der Waals surface area contributed by atoms with Crippen LogP contribution in [0.25, 0.3) is 21.8 Å². The van der Waals surface area contributed by atoms with Gasteiger partial charge in [0.1, 0.15) is 16.1 Å². The van der Waals surface area contributed by atoms with E-state index in [1.807, 2.05) is 0 Å². The number of hydrogen-bond donors (Lipinski definition) is 1. The van der Waals surface area contributed by atoms with Crippen molar-refractivity contribution in [2.45, 2.75) is 39.3 Å². The summed E-state index contributed by atoms with van der Waals surface area (Å²) in [6, 6.07) is 12.9. The van der Waals surface area contributed by atoms with Gasteiger partial charge in [-0.1, -0.05) is 63.3 Å². The van der Waals surface area contributed by atoms with Gasteiger partial charge in [0.05, 0.1) is 0 Å². The predicted molar refractivity (Wildman–Crippen MR) is 116 cm³/mol. The lowest BCUT2D eigenvalue weighted by atomic mass is 10.1. The van der Waals surface area contributed by atoms with Gasteiger partial charge in [-0.05, 0) is 24.3 Å². The van der Waals surface area contributed by atoms with Crippen molar-refractivity contribution in [1.29, 1.82) is 0 Å². The molecule has 0 unspecified atom stereocenters. The summed E-state index contributed by atoms with van der Waals surface area (Å²) in [5.41, 5.74) is 11.3. The smallest absolute Gasteiger partial charge is 0.129 e. The van der Waals surface area contributed by atoms with Crippen LogP contribution in [0.15, 0.2) is 36.4 Å². The molecule has 0 bridgehead atoms. The van der Waals surface area contributed by atoms with Crippen LogP contribution in [0, 0.1) is 22.9 Å². The van der Waals surface area contributed by atoms with Crippen molar-refractivity contribution in [3.8, 4) is 22.9 Å². The number of fused-ring (bicyclic) bond motifs is 3. The van der Waals surface area contributed by atoms with Gasteiger partial charge in [0.15, 0.2) is 0 Å². The maximum Gasteiger partial charge on any atom is 0.129 e. The quantitative estimate of drug-likeness (QED) is 0.387. The third-order valence-electron chi connectivity index (χ3n) is 3.76.